The highest BCUT2D eigenvalue weighted by atomic mass is 32.1. The van der Waals surface area contributed by atoms with Crippen molar-refractivity contribution in [2.45, 2.75) is 222 Å². The van der Waals surface area contributed by atoms with Crippen molar-refractivity contribution in [2.24, 2.45) is 11.8 Å². The maximum absolute atomic E-state index is 13.9. The molecule has 530 valence electrons. The number of benzene rings is 3. The lowest BCUT2D eigenvalue weighted by molar-refractivity contribution is 0.0975. The van der Waals surface area contributed by atoms with Crippen LogP contribution in [0.2, 0.25) is 0 Å². The average molecular weight is 1500 g/mol. The summed E-state index contributed by atoms with van der Waals surface area (Å²) in [5.41, 5.74) is 10.7. The first kappa shape index (κ1) is 74.2. The van der Waals surface area contributed by atoms with Crippen molar-refractivity contribution in [3.05, 3.63) is 184 Å². The van der Waals surface area contributed by atoms with Gasteiger partial charge in [-0.1, -0.05) is 207 Å². The van der Waals surface area contributed by atoms with Gasteiger partial charge in [0.05, 0.1) is 11.1 Å². The van der Waals surface area contributed by atoms with E-state index in [9.17, 15) is 19.2 Å². The molecule has 0 fully saturated rings. The first-order valence-corrected chi connectivity index (χ1v) is 44.9. The number of hydrogen-bond donors (Lipinski definition) is 0. The number of fused-ring (bicyclic) bond motifs is 4. The third kappa shape index (κ3) is 15.9. The van der Waals surface area contributed by atoms with Crippen molar-refractivity contribution in [1.82, 2.24) is 0 Å². The van der Waals surface area contributed by atoms with Gasteiger partial charge in [-0.25, -0.2) is 0 Å². The van der Waals surface area contributed by atoms with E-state index in [1.54, 1.807) is 46.9 Å². The zero-order chi connectivity index (χ0) is 71.0. The molecule has 0 amide bonds. The van der Waals surface area contributed by atoms with Crippen LogP contribution in [0.25, 0.3) is 92.2 Å². The predicted molar refractivity (Wildman–Crippen MR) is 450 cm³/mol. The summed E-state index contributed by atoms with van der Waals surface area (Å²) < 4.78 is 2.73. The number of unbranched alkanes of at least 4 members (excludes halogenated alkanes) is 10. The highest BCUT2D eigenvalue weighted by Crippen LogP contribution is 2.57. The number of carbonyl (C=O) groups excluding carboxylic acids is 4. The number of aryl methyl sites for hydroxylation is 4. The molecular formula is C90H98O4S8. The summed E-state index contributed by atoms with van der Waals surface area (Å²) in [4.78, 5) is 73.6. The van der Waals surface area contributed by atoms with E-state index in [1.165, 1.54) is 202 Å². The fourth-order valence-electron chi connectivity index (χ4n) is 15.2. The Balaban J connectivity index is 1.00. The van der Waals surface area contributed by atoms with Crippen LogP contribution in [-0.2, 0) is 38.5 Å². The van der Waals surface area contributed by atoms with Crippen molar-refractivity contribution >= 4 is 146 Å². The van der Waals surface area contributed by atoms with E-state index in [-0.39, 0.29) is 34.3 Å². The van der Waals surface area contributed by atoms with E-state index in [0.717, 1.165) is 86.8 Å². The second-order valence-corrected chi connectivity index (χ2v) is 37.2. The predicted octanol–water partition coefficient (Wildman–Crippen LogP) is 29.9. The summed E-state index contributed by atoms with van der Waals surface area (Å²) in [5.74, 6) is 0.610. The molecule has 102 heavy (non-hydrogen) atoms. The Hall–Kier alpha value is -6.06. The third-order valence-corrected chi connectivity index (χ3v) is 31.0. The monoisotopic (exact) mass is 1500 g/mol. The second kappa shape index (κ2) is 34.5. The molecule has 2 unspecified atom stereocenters. The largest absolute Gasteiger partial charge is 0.288 e. The van der Waals surface area contributed by atoms with Crippen LogP contribution in [0.3, 0.4) is 0 Å². The normalized spacial score (nSPS) is 13.7. The summed E-state index contributed by atoms with van der Waals surface area (Å²) in [5, 5.41) is 2.69. The van der Waals surface area contributed by atoms with Crippen LogP contribution in [-0.4, -0.2) is 23.1 Å². The highest BCUT2D eigenvalue weighted by Gasteiger charge is 2.35. The van der Waals surface area contributed by atoms with Crippen molar-refractivity contribution in [2.75, 3.05) is 0 Å². The van der Waals surface area contributed by atoms with Crippen LogP contribution in [0, 0.1) is 11.8 Å². The summed E-state index contributed by atoms with van der Waals surface area (Å²) in [6, 6.07) is 39.3. The molecule has 0 N–H and O–H groups in total. The quantitative estimate of drug-likeness (QED) is 0.0223. The molecular weight excluding hydrogens is 1400 g/mol. The van der Waals surface area contributed by atoms with E-state index in [4.69, 9.17) is 0 Å². The lowest BCUT2D eigenvalue weighted by Crippen LogP contribution is -2.01. The minimum Gasteiger partial charge on any atom is -0.288 e. The molecule has 0 bridgehead atoms. The Labute approximate surface area is 638 Å². The number of carbonyl (C=O) groups is 4. The van der Waals surface area contributed by atoms with Crippen LogP contribution < -0.4 is 0 Å². The SMILES string of the molecule is CCCCCCc1cc(C=C2C(=O)c3ccccc3C2=O)sc1-c1cc(CCCC)c(-c2cc3c(-c4ccc(CC(CC)CCCC)s4)c4sc(-c5sc(-c6sc(C=C7C(=O)c8ccccc8C7=O)cc6CCCCCC)cc5CCCC)cc4c(-c4ccc(CC(CC)CCCC)s4)c3s2)s1. The molecule has 12 heteroatoms. The maximum atomic E-state index is 13.9. The smallest absolute Gasteiger partial charge is 0.197 e. The van der Waals surface area contributed by atoms with Gasteiger partial charge >= 0.3 is 0 Å². The van der Waals surface area contributed by atoms with E-state index in [1.807, 2.05) is 104 Å². The molecule has 13 rings (SSSR count). The molecule has 8 heterocycles. The van der Waals surface area contributed by atoms with Crippen molar-refractivity contribution in [3.8, 4) is 59.9 Å². The fraction of sp³-hybridized carbons (Fsp3) is 0.400. The number of allylic oxidation sites excluding steroid dienone is 2. The first-order chi connectivity index (χ1) is 49.9. The zero-order valence-corrected chi connectivity index (χ0v) is 67.5. The van der Waals surface area contributed by atoms with Crippen molar-refractivity contribution in [3.63, 3.8) is 0 Å². The van der Waals surface area contributed by atoms with Gasteiger partial charge in [0.2, 0.25) is 0 Å². The second-order valence-electron chi connectivity index (χ2n) is 28.5. The molecule has 2 aliphatic carbocycles. The van der Waals surface area contributed by atoms with Gasteiger partial charge in [0.15, 0.2) is 23.1 Å². The van der Waals surface area contributed by atoms with E-state index < -0.39 is 0 Å². The van der Waals surface area contributed by atoms with Crippen LogP contribution in [0.4, 0.5) is 0 Å². The molecule has 11 aromatic rings. The standard InChI is InChI=1S/C90H98O4S8/c1-9-17-23-25-35-57-47-63(51-71-81(91)65-37-27-28-38-66(65)82(71)92)97-85(57)75-49-59(33-21-13-5)87(99-75)77-53-69-79(73-43-41-61(95-73)45-55(15-7)31-19-11-3)90-70(80(89(69)101-77)74-44-42-62(96-74)46-56(16-8)32-20-12-4)54-78(102-90)88-60(34-22-14-6)50-76(100-88)86-58(36-26-24-18-10-2)48-64(98-86)52-72-83(93)67-39-29-30-40-68(67)84(72)94/h27-30,37-44,47-56H,9-26,31-36,45-46H2,1-8H3. The van der Waals surface area contributed by atoms with Crippen LogP contribution in [0.1, 0.15) is 267 Å². The average Bonchev–Trinajstić information content (AvgIpc) is 1.55. The third-order valence-electron chi connectivity index (χ3n) is 21.1. The van der Waals surface area contributed by atoms with Crippen LogP contribution in [0.15, 0.2) is 120 Å². The zero-order valence-electron chi connectivity index (χ0n) is 61.0. The fourth-order valence-corrected chi connectivity index (χ4v) is 25.4. The van der Waals surface area contributed by atoms with Gasteiger partial charge in [-0.2, -0.15) is 0 Å². The Morgan fingerprint density at radius 2 is 0.667 bits per heavy atom. The lowest BCUT2D eigenvalue weighted by atomic mass is 9.95. The van der Waals surface area contributed by atoms with E-state index in [2.05, 4.69) is 116 Å². The van der Waals surface area contributed by atoms with Gasteiger partial charge in [-0.3, -0.25) is 19.2 Å². The molecule has 2 atom stereocenters. The Morgan fingerprint density at radius 1 is 0.324 bits per heavy atom. The maximum Gasteiger partial charge on any atom is 0.197 e. The van der Waals surface area contributed by atoms with Gasteiger partial charge < -0.3 is 0 Å². The van der Waals surface area contributed by atoms with Crippen LogP contribution in [0.5, 0.6) is 0 Å². The number of rotatable bonds is 36. The molecule has 8 aromatic heterocycles. The summed E-state index contributed by atoms with van der Waals surface area (Å²) >= 11 is 15.5. The molecule has 2 aliphatic rings. The molecule has 0 saturated heterocycles. The minimum atomic E-state index is -0.175. The Bertz CT molecular complexity index is 4450. The lowest BCUT2D eigenvalue weighted by Gasteiger charge is -2.13. The Kier molecular flexibility index (Phi) is 25.1. The number of Topliss-reactive ketones (excluding diaryl/α,β-unsaturated/α-hetero) is 4. The summed E-state index contributed by atoms with van der Waals surface area (Å²) in [6.07, 6.45) is 33.4. The number of thiophene rings is 8. The molecule has 4 nitrogen and oxygen atoms in total. The molecule has 0 radical (unpaired) electrons. The summed E-state index contributed by atoms with van der Waals surface area (Å²) in [6.45, 7) is 18.6. The van der Waals surface area contributed by atoms with Gasteiger partial charge in [-0.05, 0) is 171 Å². The summed E-state index contributed by atoms with van der Waals surface area (Å²) in [7, 11) is 0. The minimum absolute atomic E-state index is 0.175. The van der Waals surface area contributed by atoms with Crippen molar-refractivity contribution < 1.29 is 19.2 Å². The topological polar surface area (TPSA) is 68.3 Å². The Morgan fingerprint density at radius 3 is 1.03 bits per heavy atom. The number of hydrogen-bond acceptors (Lipinski definition) is 12. The van der Waals surface area contributed by atoms with Gasteiger partial charge in [0.25, 0.3) is 0 Å². The van der Waals surface area contributed by atoms with Crippen molar-refractivity contribution in [1.29, 1.82) is 0 Å². The van der Waals surface area contributed by atoms with Gasteiger partial charge in [0.1, 0.15) is 0 Å². The van der Waals surface area contributed by atoms with Gasteiger partial charge in [-0.15, -0.1) is 90.7 Å². The molecule has 3 aromatic carbocycles. The molecule has 0 aliphatic heterocycles. The molecule has 0 spiro atoms. The van der Waals surface area contributed by atoms with Gasteiger partial charge in [0, 0.05) is 122 Å². The van der Waals surface area contributed by atoms with E-state index in [0.29, 0.717) is 34.1 Å². The molecule has 0 saturated carbocycles. The number of ketones is 4. The highest BCUT2D eigenvalue weighted by molar-refractivity contribution is 7.31. The van der Waals surface area contributed by atoms with Crippen LogP contribution >= 0.6 is 90.7 Å². The van der Waals surface area contributed by atoms with E-state index >= 15 is 0 Å². The first-order valence-electron chi connectivity index (χ1n) is 38.4.